The first-order valence-electron chi connectivity index (χ1n) is 8.28. The number of hydrogen-bond donors (Lipinski definition) is 0. The van der Waals surface area contributed by atoms with E-state index in [4.69, 9.17) is 0 Å². The second kappa shape index (κ2) is 5.43. The summed E-state index contributed by atoms with van der Waals surface area (Å²) in [6, 6.07) is 5.57. The van der Waals surface area contributed by atoms with Crippen LogP contribution in [0.25, 0.3) is 17.2 Å². The third-order valence-electron chi connectivity index (χ3n) is 4.56. The molecule has 1 aliphatic heterocycles. The highest BCUT2D eigenvalue weighted by Crippen LogP contribution is 2.30. The van der Waals surface area contributed by atoms with Crippen LogP contribution in [-0.2, 0) is 11.3 Å². The number of carbonyl (C=O) groups excluding carboxylic acids is 1. The van der Waals surface area contributed by atoms with Crippen molar-refractivity contribution < 1.29 is 4.79 Å². The molecule has 0 saturated heterocycles. The summed E-state index contributed by atoms with van der Waals surface area (Å²) in [6.45, 7) is 7.21. The Balaban J connectivity index is 1.88. The molecule has 0 spiro atoms. The van der Waals surface area contributed by atoms with Gasteiger partial charge in [0.25, 0.3) is 0 Å². The molecule has 0 fully saturated rings. The lowest BCUT2D eigenvalue weighted by atomic mass is 10.2. The summed E-state index contributed by atoms with van der Waals surface area (Å²) >= 11 is 0. The van der Waals surface area contributed by atoms with E-state index in [9.17, 15) is 4.79 Å². The Morgan fingerprint density at radius 1 is 1.29 bits per heavy atom. The smallest absolute Gasteiger partial charge is 0.245 e. The molecule has 7 nitrogen and oxygen atoms in total. The van der Waals surface area contributed by atoms with Crippen molar-refractivity contribution in [1.82, 2.24) is 29.0 Å². The molecule has 24 heavy (non-hydrogen) atoms. The van der Waals surface area contributed by atoms with Crippen molar-refractivity contribution in [3.8, 4) is 11.5 Å². The van der Waals surface area contributed by atoms with E-state index in [1.165, 1.54) is 0 Å². The molecule has 0 saturated carbocycles. The van der Waals surface area contributed by atoms with Crippen molar-refractivity contribution >= 4 is 11.6 Å². The minimum Gasteiger partial charge on any atom is -0.333 e. The van der Waals surface area contributed by atoms with Gasteiger partial charge in [-0.1, -0.05) is 13.0 Å². The summed E-state index contributed by atoms with van der Waals surface area (Å²) in [5, 5.41) is 8.76. The second-order valence-corrected chi connectivity index (χ2v) is 6.22. The number of aryl methyl sites for hydroxylation is 1. The van der Waals surface area contributed by atoms with Crippen LogP contribution in [0.4, 0.5) is 0 Å². The molecule has 0 bridgehead atoms. The minimum atomic E-state index is -0.307. The van der Waals surface area contributed by atoms with Gasteiger partial charge in [-0.3, -0.25) is 13.8 Å². The Bertz CT molecular complexity index is 924. The van der Waals surface area contributed by atoms with E-state index in [-0.39, 0.29) is 11.9 Å². The molecule has 0 radical (unpaired) electrons. The quantitative estimate of drug-likeness (QED) is 0.741. The molecule has 3 aromatic heterocycles. The number of nitrogens with zero attached hydrogens (tertiary/aromatic N) is 6. The van der Waals surface area contributed by atoms with E-state index in [1.807, 2.05) is 52.1 Å². The molecule has 4 heterocycles. The highest BCUT2D eigenvalue weighted by molar-refractivity contribution is 5.82. The lowest BCUT2D eigenvalue weighted by Crippen LogP contribution is -2.42. The molecular formula is C17H20N6O. The first-order chi connectivity index (χ1) is 11.6. The molecule has 0 aromatic carbocycles. The van der Waals surface area contributed by atoms with Crippen LogP contribution < -0.4 is 0 Å². The topological polar surface area (TPSA) is 68.3 Å². The summed E-state index contributed by atoms with van der Waals surface area (Å²) in [5.41, 5.74) is 2.64. The van der Waals surface area contributed by atoms with Gasteiger partial charge in [-0.2, -0.15) is 0 Å². The van der Waals surface area contributed by atoms with Crippen molar-refractivity contribution in [3.63, 3.8) is 0 Å². The summed E-state index contributed by atoms with van der Waals surface area (Å²) in [4.78, 5) is 19.1. The minimum absolute atomic E-state index is 0.122. The zero-order chi connectivity index (χ0) is 16.8. The van der Waals surface area contributed by atoms with E-state index in [0.29, 0.717) is 12.4 Å². The monoisotopic (exact) mass is 324 g/mol. The summed E-state index contributed by atoms with van der Waals surface area (Å²) in [6.07, 6.45) is 2.90. The lowest BCUT2D eigenvalue weighted by Gasteiger charge is -2.31. The molecule has 0 unspecified atom stereocenters. The van der Waals surface area contributed by atoms with E-state index in [1.54, 1.807) is 0 Å². The van der Waals surface area contributed by atoms with Crippen LogP contribution >= 0.6 is 0 Å². The number of carbonyl (C=O) groups is 1. The SMILES string of the molecule is CCCN1Cc2nnc(-c3c(C)nc4ccccn34)n2[C@@H](C)C1=O. The largest absolute Gasteiger partial charge is 0.333 e. The first-order valence-corrected chi connectivity index (χ1v) is 8.28. The van der Waals surface area contributed by atoms with Gasteiger partial charge in [-0.05, 0) is 32.4 Å². The van der Waals surface area contributed by atoms with Gasteiger partial charge in [0.15, 0.2) is 11.6 Å². The third-order valence-corrected chi connectivity index (χ3v) is 4.56. The Morgan fingerprint density at radius 3 is 2.92 bits per heavy atom. The normalized spacial score (nSPS) is 17.5. The van der Waals surface area contributed by atoms with Gasteiger partial charge >= 0.3 is 0 Å². The van der Waals surface area contributed by atoms with Crippen LogP contribution in [0.5, 0.6) is 0 Å². The van der Waals surface area contributed by atoms with Gasteiger partial charge in [0, 0.05) is 12.7 Å². The van der Waals surface area contributed by atoms with Crippen molar-refractivity contribution in [2.75, 3.05) is 6.54 Å². The Hall–Kier alpha value is -2.70. The maximum Gasteiger partial charge on any atom is 0.245 e. The number of pyridine rings is 1. The number of aromatic nitrogens is 5. The lowest BCUT2D eigenvalue weighted by molar-refractivity contribution is -0.136. The fourth-order valence-corrected chi connectivity index (χ4v) is 3.47. The molecule has 124 valence electrons. The van der Waals surface area contributed by atoms with E-state index < -0.39 is 0 Å². The standard InChI is InChI=1S/C17H20N6O/c1-4-8-21-10-14-19-20-16(23(14)12(3)17(21)24)15-11(2)18-13-7-5-6-9-22(13)15/h5-7,9,12H,4,8,10H2,1-3H3/t12-/m0/s1. The molecule has 4 rings (SSSR count). The van der Waals surface area contributed by atoms with Crippen LogP contribution in [0.15, 0.2) is 24.4 Å². The van der Waals surface area contributed by atoms with Gasteiger partial charge in [-0.25, -0.2) is 4.98 Å². The van der Waals surface area contributed by atoms with Crippen LogP contribution in [-0.4, -0.2) is 41.5 Å². The van der Waals surface area contributed by atoms with Crippen molar-refractivity contribution in [3.05, 3.63) is 35.9 Å². The van der Waals surface area contributed by atoms with Crippen molar-refractivity contribution in [1.29, 1.82) is 0 Å². The van der Waals surface area contributed by atoms with Crippen molar-refractivity contribution in [2.45, 2.75) is 39.8 Å². The zero-order valence-electron chi connectivity index (χ0n) is 14.1. The molecule has 1 amide bonds. The Labute approximate surface area is 139 Å². The maximum atomic E-state index is 12.7. The number of amides is 1. The van der Waals surface area contributed by atoms with E-state index >= 15 is 0 Å². The maximum absolute atomic E-state index is 12.7. The van der Waals surface area contributed by atoms with Gasteiger partial charge in [0.1, 0.15) is 17.4 Å². The van der Waals surface area contributed by atoms with Crippen LogP contribution in [0.2, 0.25) is 0 Å². The molecule has 1 aliphatic rings. The van der Waals surface area contributed by atoms with Crippen LogP contribution in [0, 0.1) is 6.92 Å². The van der Waals surface area contributed by atoms with Gasteiger partial charge in [-0.15, -0.1) is 10.2 Å². The Morgan fingerprint density at radius 2 is 2.12 bits per heavy atom. The molecule has 0 aliphatic carbocycles. The van der Waals surface area contributed by atoms with E-state index in [0.717, 1.165) is 35.8 Å². The summed E-state index contributed by atoms with van der Waals surface area (Å²) < 4.78 is 3.96. The number of fused-ring (bicyclic) bond motifs is 2. The fraction of sp³-hybridized carbons (Fsp3) is 0.412. The highest BCUT2D eigenvalue weighted by Gasteiger charge is 2.34. The fourth-order valence-electron chi connectivity index (χ4n) is 3.47. The predicted octanol–water partition coefficient (Wildman–Crippen LogP) is 2.21. The second-order valence-electron chi connectivity index (χ2n) is 6.22. The first kappa shape index (κ1) is 14.9. The zero-order valence-corrected chi connectivity index (χ0v) is 14.1. The highest BCUT2D eigenvalue weighted by atomic mass is 16.2. The number of rotatable bonds is 3. The van der Waals surface area contributed by atoms with Gasteiger partial charge < -0.3 is 4.90 Å². The molecule has 0 N–H and O–H groups in total. The molecule has 1 atom stereocenters. The van der Waals surface area contributed by atoms with Crippen molar-refractivity contribution in [2.24, 2.45) is 0 Å². The van der Waals surface area contributed by atoms with E-state index in [2.05, 4.69) is 22.1 Å². The van der Waals surface area contributed by atoms with Gasteiger partial charge in [0.05, 0.1) is 12.2 Å². The third kappa shape index (κ3) is 2.04. The number of hydrogen-bond acceptors (Lipinski definition) is 4. The summed E-state index contributed by atoms with van der Waals surface area (Å²) in [7, 11) is 0. The summed E-state index contributed by atoms with van der Waals surface area (Å²) in [5.74, 6) is 1.66. The van der Waals surface area contributed by atoms with Crippen LogP contribution in [0.3, 0.4) is 0 Å². The molecule has 3 aromatic rings. The predicted molar refractivity (Wildman–Crippen MR) is 89.4 cm³/mol. The molecule has 7 heteroatoms. The van der Waals surface area contributed by atoms with Crippen LogP contribution in [0.1, 0.15) is 37.8 Å². The molecular weight excluding hydrogens is 304 g/mol. The number of imidazole rings is 1. The van der Waals surface area contributed by atoms with Gasteiger partial charge in [0.2, 0.25) is 5.91 Å². The average molecular weight is 324 g/mol. The Kier molecular flexibility index (Phi) is 3.37. The average Bonchev–Trinajstić information content (AvgIpc) is 3.12.